The molecule has 0 saturated heterocycles. The summed E-state index contributed by atoms with van der Waals surface area (Å²) in [4.78, 5) is 26.3. The molecule has 1 aliphatic rings. The summed E-state index contributed by atoms with van der Waals surface area (Å²) >= 11 is 1.49. The summed E-state index contributed by atoms with van der Waals surface area (Å²) in [6.07, 6.45) is 6.11. The monoisotopic (exact) mass is 427 g/mol. The molecule has 1 atom stereocenters. The average molecular weight is 428 g/mol. The first-order valence-electron chi connectivity index (χ1n) is 10.4. The Hall–Kier alpha value is -2.60. The summed E-state index contributed by atoms with van der Waals surface area (Å²) in [6, 6.07) is 7.58. The Morgan fingerprint density at radius 2 is 2.13 bits per heavy atom. The van der Waals surface area contributed by atoms with E-state index >= 15 is 0 Å². The molecule has 0 aliphatic heterocycles. The molecule has 0 radical (unpaired) electrons. The van der Waals surface area contributed by atoms with Crippen LogP contribution in [0.4, 0.5) is 5.00 Å². The lowest BCUT2D eigenvalue weighted by Crippen LogP contribution is -2.15. The zero-order chi connectivity index (χ0) is 21.7. The van der Waals surface area contributed by atoms with Gasteiger partial charge in [-0.3, -0.25) is 4.79 Å². The van der Waals surface area contributed by atoms with Crippen molar-refractivity contribution in [2.45, 2.75) is 53.1 Å². The van der Waals surface area contributed by atoms with Crippen molar-refractivity contribution >= 4 is 34.3 Å². The molecular formula is C24H29NO4S. The zero-order valence-corrected chi connectivity index (χ0v) is 18.8. The number of hydrogen-bond donors (Lipinski definition) is 1. The standard InChI is InChI=1S/C24H29NO4S/c1-5-28-24(27)22-19-11-9-16(4)13-20(19)30-23(22)25-21(26)12-10-17-7-6-8-18(14-17)29-15(2)3/h6-8,10,12,14-16H,5,9,11,13H2,1-4H3,(H,25,26)/b12-10+. The Morgan fingerprint density at radius 1 is 1.33 bits per heavy atom. The van der Waals surface area contributed by atoms with Crippen molar-refractivity contribution in [3.63, 3.8) is 0 Å². The molecule has 1 aromatic heterocycles. The number of benzene rings is 1. The summed E-state index contributed by atoms with van der Waals surface area (Å²) < 4.78 is 11.0. The van der Waals surface area contributed by atoms with Gasteiger partial charge in [0.15, 0.2) is 0 Å². The molecule has 5 nitrogen and oxygen atoms in total. The fraction of sp³-hybridized carbons (Fsp3) is 0.417. The van der Waals surface area contributed by atoms with Crippen LogP contribution in [0.3, 0.4) is 0 Å². The smallest absolute Gasteiger partial charge is 0.341 e. The Balaban J connectivity index is 1.78. The minimum Gasteiger partial charge on any atom is -0.491 e. The van der Waals surface area contributed by atoms with Crippen LogP contribution in [0.15, 0.2) is 30.3 Å². The number of rotatable bonds is 7. The van der Waals surface area contributed by atoms with Crippen LogP contribution in [0, 0.1) is 5.92 Å². The first-order chi connectivity index (χ1) is 14.4. The Kier molecular flexibility index (Phi) is 7.32. The number of amides is 1. The first kappa shape index (κ1) is 22.1. The maximum absolute atomic E-state index is 12.6. The third-order valence-corrected chi connectivity index (χ3v) is 6.05. The lowest BCUT2D eigenvalue weighted by atomic mass is 9.88. The van der Waals surface area contributed by atoms with E-state index in [-0.39, 0.29) is 18.0 Å². The predicted molar refractivity (Wildman–Crippen MR) is 121 cm³/mol. The van der Waals surface area contributed by atoms with Crippen LogP contribution in [0.25, 0.3) is 6.08 Å². The molecule has 1 aliphatic carbocycles. The lowest BCUT2D eigenvalue weighted by molar-refractivity contribution is -0.111. The zero-order valence-electron chi connectivity index (χ0n) is 18.0. The molecule has 1 unspecified atom stereocenters. The Morgan fingerprint density at radius 3 is 2.87 bits per heavy atom. The molecule has 1 aromatic carbocycles. The maximum atomic E-state index is 12.6. The molecule has 1 amide bonds. The Bertz CT molecular complexity index is 945. The second-order valence-corrected chi connectivity index (χ2v) is 8.94. The van der Waals surface area contributed by atoms with Crippen molar-refractivity contribution in [1.29, 1.82) is 0 Å². The summed E-state index contributed by atoms with van der Waals surface area (Å²) in [5, 5.41) is 3.48. The van der Waals surface area contributed by atoms with Crippen LogP contribution in [0.5, 0.6) is 5.75 Å². The van der Waals surface area contributed by atoms with Gasteiger partial charge in [0, 0.05) is 11.0 Å². The number of nitrogens with one attached hydrogen (secondary N) is 1. The largest absolute Gasteiger partial charge is 0.491 e. The van der Waals surface area contributed by atoms with E-state index in [4.69, 9.17) is 9.47 Å². The highest BCUT2D eigenvalue weighted by atomic mass is 32.1. The minimum absolute atomic E-state index is 0.0846. The SMILES string of the molecule is CCOC(=O)c1c(NC(=O)/C=C/c2cccc(OC(C)C)c2)sc2c1CCC(C)C2. The van der Waals surface area contributed by atoms with Crippen LogP contribution >= 0.6 is 11.3 Å². The highest BCUT2D eigenvalue weighted by molar-refractivity contribution is 7.17. The van der Waals surface area contributed by atoms with E-state index in [0.29, 0.717) is 23.1 Å². The van der Waals surface area contributed by atoms with Gasteiger partial charge in [-0.05, 0) is 75.3 Å². The van der Waals surface area contributed by atoms with E-state index in [2.05, 4.69) is 12.2 Å². The number of carbonyl (C=O) groups excluding carboxylic acids is 2. The molecule has 0 saturated carbocycles. The number of fused-ring (bicyclic) bond motifs is 1. The third-order valence-electron chi connectivity index (χ3n) is 4.89. The van der Waals surface area contributed by atoms with Crippen LogP contribution in [0.2, 0.25) is 0 Å². The van der Waals surface area contributed by atoms with Gasteiger partial charge in [-0.25, -0.2) is 4.79 Å². The number of hydrogen-bond acceptors (Lipinski definition) is 5. The molecule has 2 aromatic rings. The molecule has 3 rings (SSSR count). The van der Waals surface area contributed by atoms with E-state index in [0.717, 1.165) is 36.1 Å². The average Bonchev–Trinajstić information content (AvgIpc) is 3.03. The number of carbonyl (C=O) groups is 2. The van der Waals surface area contributed by atoms with E-state index in [1.165, 1.54) is 22.3 Å². The van der Waals surface area contributed by atoms with Crippen molar-refractivity contribution < 1.29 is 19.1 Å². The van der Waals surface area contributed by atoms with Gasteiger partial charge in [-0.1, -0.05) is 19.1 Å². The molecular weight excluding hydrogens is 398 g/mol. The minimum atomic E-state index is -0.359. The molecule has 1 heterocycles. The normalized spacial score (nSPS) is 15.8. The molecule has 160 valence electrons. The highest BCUT2D eigenvalue weighted by Gasteiger charge is 2.28. The fourth-order valence-corrected chi connectivity index (χ4v) is 4.95. The topological polar surface area (TPSA) is 64.6 Å². The van der Waals surface area contributed by atoms with E-state index in [9.17, 15) is 9.59 Å². The fourth-order valence-electron chi connectivity index (χ4n) is 3.55. The molecule has 0 spiro atoms. The summed E-state index contributed by atoms with van der Waals surface area (Å²) in [5.41, 5.74) is 2.43. The molecule has 0 bridgehead atoms. The quantitative estimate of drug-likeness (QED) is 0.469. The molecule has 1 N–H and O–H groups in total. The van der Waals surface area contributed by atoms with Gasteiger partial charge in [-0.2, -0.15) is 0 Å². The number of thiophene rings is 1. The van der Waals surface area contributed by atoms with Crippen molar-refractivity contribution in [2.75, 3.05) is 11.9 Å². The van der Waals surface area contributed by atoms with Gasteiger partial charge in [0.25, 0.3) is 0 Å². The van der Waals surface area contributed by atoms with E-state index in [1.807, 2.05) is 38.1 Å². The molecule has 30 heavy (non-hydrogen) atoms. The highest BCUT2D eigenvalue weighted by Crippen LogP contribution is 2.40. The number of anilines is 1. The van der Waals surface area contributed by atoms with Gasteiger partial charge < -0.3 is 14.8 Å². The van der Waals surface area contributed by atoms with Crippen molar-refractivity contribution in [3.05, 3.63) is 51.9 Å². The molecule has 6 heteroatoms. The maximum Gasteiger partial charge on any atom is 0.341 e. The van der Waals surface area contributed by atoms with E-state index in [1.54, 1.807) is 13.0 Å². The second-order valence-electron chi connectivity index (χ2n) is 7.84. The van der Waals surface area contributed by atoms with Gasteiger partial charge in [0.05, 0.1) is 18.3 Å². The summed E-state index contributed by atoms with van der Waals surface area (Å²) in [6.45, 7) is 8.25. The number of esters is 1. The van der Waals surface area contributed by atoms with Crippen molar-refractivity contribution in [1.82, 2.24) is 0 Å². The summed E-state index contributed by atoms with van der Waals surface area (Å²) in [5.74, 6) is 0.705. The van der Waals surface area contributed by atoms with Crippen LogP contribution < -0.4 is 10.1 Å². The third kappa shape index (κ3) is 5.51. The Labute approximate surface area is 182 Å². The number of ether oxygens (including phenoxy) is 2. The second kappa shape index (κ2) is 9.94. The lowest BCUT2D eigenvalue weighted by Gasteiger charge is -2.18. The van der Waals surface area contributed by atoms with Gasteiger partial charge in [-0.15, -0.1) is 11.3 Å². The van der Waals surface area contributed by atoms with Crippen LogP contribution in [0.1, 0.15) is 60.5 Å². The summed E-state index contributed by atoms with van der Waals surface area (Å²) in [7, 11) is 0. The van der Waals surface area contributed by atoms with E-state index < -0.39 is 0 Å². The van der Waals surface area contributed by atoms with Gasteiger partial charge in [0.2, 0.25) is 5.91 Å². The molecule has 0 fully saturated rings. The first-order valence-corrected chi connectivity index (χ1v) is 11.3. The van der Waals surface area contributed by atoms with Gasteiger partial charge >= 0.3 is 5.97 Å². The van der Waals surface area contributed by atoms with Gasteiger partial charge in [0.1, 0.15) is 10.8 Å². The van der Waals surface area contributed by atoms with Crippen LogP contribution in [-0.2, 0) is 22.4 Å². The van der Waals surface area contributed by atoms with Crippen LogP contribution in [-0.4, -0.2) is 24.6 Å². The predicted octanol–water partition coefficient (Wildman–Crippen LogP) is 5.49. The van der Waals surface area contributed by atoms with Crippen molar-refractivity contribution in [3.8, 4) is 5.75 Å². The van der Waals surface area contributed by atoms with Crippen molar-refractivity contribution in [2.24, 2.45) is 5.92 Å².